The molecule has 1 atom stereocenters. The molecule has 2 aromatic carbocycles. The molecule has 0 radical (unpaired) electrons. The molecule has 0 saturated heterocycles. The first-order chi connectivity index (χ1) is 13.6. The number of nitrogens with one attached hydrogen (secondary N) is 1. The molecule has 1 aromatic heterocycles. The van der Waals surface area contributed by atoms with Crippen LogP contribution in [0, 0.1) is 5.82 Å². The lowest BCUT2D eigenvalue weighted by Crippen LogP contribution is -2.32. The van der Waals surface area contributed by atoms with Gasteiger partial charge in [0.25, 0.3) is 0 Å². The van der Waals surface area contributed by atoms with Crippen LogP contribution >= 0.6 is 11.6 Å². The van der Waals surface area contributed by atoms with E-state index in [1.165, 1.54) is 6.07 Å². The average Bonchev–Trinajstić information content (AvgIpc) is 3.11. The highest BCUT2D eigenvalue weighted by Gasteiger charge is 2.38. The Balaban J connectivity index is 1.71. The first-order valence-electron chi connectivity index (χ1n) is 9.12. The average molecular weight is 395 g/mol. The minimum absolute atomic E-state index is 0.0208. The highest BCUT2D eigenvalue weighted by molar-refractivity contribution is 6.30. The summed E-state index contributed by atoms with van der Waals surface area (Å²) >= 11 is 6.10. The number of allylic oxidation sites excluding steroid dienone is 2. The van der Waals surface area contributed by atoms with Gasteiger partial charge in [0.2, 0.25) is 5.95 Å². The number of ketones is 1. The summed E-state index contributed by atoms with van der Waals surface area (Å²) in [4.78, 5) is 17.4. The normalized spacial score (nSPS) is 18.5. The Kier molecular flexibility index (Phi) is 4.02. The smallest absolute Gasteiger partial charge is 0.226 e. The molecule has 0 saturated carbocycles. The fourth-order valence-electron chi connectivity index (χ4n) is 3.89. The molecular formula is C21H16ClFN4O. The number of carbonyl (C=O) groups is 1. The number of hydrogen-bond acceptors (Lipinski definition) is 4. The highest BCUT2D eigenvalue weighted by Crippen LogP contribution is 2.41. The third-order valence-electron chi connectivity index (χ3n) is 5.15. The Labute approximate surface area is 165 Å². The van der Waals surface area contributed by atoms with Gasteiger partial charge in [0.15, 0.2) is 11.6 Å². The third-order valence-corrected chi connectivity index (χ3v) is 5.39. The van der Waals surface area contributed by atoms with Gasteiger partial charge in [-0.2, -0.15) is 4.98 Å². The van der Waals surface area contributed by atoms with Crippen molar-refractivity contribution in [2.75, 3.05) is 5.32 Å². The molecule has 140 valence electrons. The van der Waals surface area contributed by atoms with Crippen LogP contribution in [0.1, 0.15) is 30.9 Å². The Morgan fingerprint density at radius 2 is 2.00 bits per heavy atom. The molecule has 5 nitrogen and oxygen atoms in total. The van der Waals surface area contributed by atoms with Crippen LogP contribution in [0.2, 0.25) is 5.02 Å². The molecule has 0 spiro atoms. The van der Waals surface area contributed by atoms with Crippen molar-refractivity contribution in [3.05, 3.63) is 76.2 Å². The van der Waals surface area contributed by atoms with E-state index in [9.17, 15) is 9.18 Å². The van der Waals surface area contributed by atoms with Crippen molar-refractivity contribution in [2.24, 2.45) is 0 Å². The number of benzene rings is 2. The van der Waals surface area contributed by atoms with Crippen molar-refractivity contribution in [2.45, 2.75) is 25.3 Å². The van der Waals surface area contributed by atoms with Gasteiger partial charge >= 0.3 is 0 Å². The summed E-state index contributed by atoms with van der Waals surface area (Å²) in [6.45, 7) is 0. The predicted octanol–water partition coefficient (Wildman–Crippen LogP) is 4.76. The lowest BCUT2D eigenvalue weighted by Gasteiger charge is -2.32. The van der Waals surface area contributed by atoms with E-state index >= 15 is 0 Å². The van der Waals surface area contributed by atoms with Crippen molar-refractivity contribution in [3.8, 4) is 11.4 Å². The van der Waals surface area contributed by atoms with E-state index in [1.54, 1.807) is 35.0 Å². The molecular weight excluding hydrogens is 379 g/mol. The van der Waals surface area contributed by atoms with Crippen molar-refractivity contribution in [1.82, 2.24) is 14.8 Å². The fraction of sp³-hybridized carbons (Fsp3) is 0.190. The molecule has 1 N–H and O–H groups in total. The third kappa shape index (κ3) is 2.72. The summed E-state index contributed by atoms with van der Waals surface area (Å²) in [5.41, 5.74) is 2.55. The van der Waals surface area contributed by atoms with Crippen LogP contribution in [-0.2, 0) is 4.79 Å². The molecule has 1 aliphatic heterocycles. The molecule has 5 rings (SSSR count). The zero-order chi connectivity index (χ0) is 19.3. The zero-order valence-electron chi connectivity index (χ0n) is 14.8. The molecule has 0 bridgehead atoms. The molecule has 0 fully saturated rings. The van der Waals surface area contributed by atoms with Gasteiger partial charge in [-0.25, -0.2) is 9.07 Å². The maximum atomic E-state index is 14.7. The Morgan fingerprint density at radius 1 is 1.14 bits per heavy atom. The number of rotatable bonds is 2. The number of hydrogen-bond donors (Lipinski definition) is 1. The molecule has 1 unspecified atom stereocenters. The van der Waals surface area contributed by atoms with E-state index < -0.39 is 6.04 Å². The lowest BCUT2D eigenvalue weighted by molar-refractivity contribution is -0.116. The number of halogens is 2. The van der Waals surface area contributed by atoms with Crippen molar-refractivity contribution >= 4 is 23.3 Å². The molecule has 2 heterocycles. The van der Waals surface area contributed by atoms with Crippen LogP contribution in [0.5, 0.6) is 0 Å². The second-order valence-corrected chi connectivity index (χ2v) is 7.37. The van der Waals surface area contributed by atoms with Crippen LogP contribution in [0.15, 0.2) is 59.8 Å². The van der Waals surface area contributed by atoms with Crippen LogP contribution in [0.3, 0.4) is 0 Å². The number of anilines is 1. The standard InChI is InChI=1S/C21H16ClFN4O/c22-13-6-3-5-12(11-13)20-25-21-24-16-9-4-10-17(28)18(16)19(27(21)26-20)14-7-1-2-8-15(14)23/h1-3,5-8,11,19H,4,9-10H2,(H,24,25,26). The maximum Gasteiger partial charge on any atom is 0.226 e. The van der Waals surface area contributed by atoms with Crippen LogP contribution in [0.25, 0.3) is 11.4 Å². The molecule has 0 amide bonds. The summed E-state index contributed by atoms with van der Waals surface area (Å²) in [6.07, 6.45) is 1.95. The first-order valence-corrected chi connectivity index (χ1v) is 9.50. The molecule has 2 aliphatic rings. The fourth-order valence-corrected chi connectivity index (χ4v) is 4.08. The quantitative estimate of drug-likeness (QED) is 0.680. The Hall–Kier alpha value is -2.99. The Bertz CT molecular complexity index is 1140. The number of carbonyl (C=O) groups excluding carboxylic acids is 1. The lowest BCUT2D eigenvalue weighted by atomic mass is 9.85. The van der Waals surface area contributed by atoms with Gasteiger partial charge in [-0.3, -0.25) is 4.79 Å². The van der Waals surface area contributed by atoms with Crippen LogP contribution < -0.4 is 5.32 Å². The summed E-state index contributed by atoms with van der Waals surface area (Å²) in [7, 11) is 0. The van der Waals surface area contributed by atoms with Gasteiger partial charge in [-0.05, 0) is 31.0 Å². The number of Topliss-reactive ketones (excluding diaryl/α,β-unsaturated/α-hetero) is 1. The second kappa shape index (κ2) is 6.56. The van der Waals surface area contributed by atoms with Gasteiger partial charge in [0, 0.05) is 33.8 Å². The van der Waals surface area contributed by atoms with Crippen molar-refractivity contribution in [1.29, 1.82) is 0 Å². The van der Waals surface area contributed by atoms with Gasteiger partial charge in [-0.15, -0.1) is 5.10 Å². The number of nitrogens with zero attached hydrogens (tertiary/aromatic N) is 3. The summed E-state index contributed by atoms with van der Waals surface area (Å²) in [5, 5.41) is 8.44. The molecule has 7 heteroatoms. The maximum absolute atomic E-state index is 14.7. The summed E-state index contributed by atoms with van der Waals surface area (Å²) in [5.74, 6) is 0.619. The Morgan fingerprint density at radius 3 is 2.82 bits per heavy atom. The van der Waals surface area contributed by atoms with E-state index in [1.807, 2.05) is 12.1 Å². The minimum atomic E-state index is -0.638. The van der Waals surface area contributed by atoms with Crippen LogP contribution in [-0.4, -0.2) is 20.5 Å². The predicted molar refractivity (Wildman–Crippen MR) is 105 cm³/mol. The van der Waals surface area contributed by atoms with E-state index in [4.69, 9.17) is 11.6 Å². The summed E-state index contributed by atoms with van der Waals surface area (Å²) < 4.78 is 16.3. The first kappa shape index (κ1) is 17.1. The molecule has 3 aromatic rings. The SMILES string of the molecule is O=C1CCCC2=C1C(c1ccccc1F)n1nc(-c3cccc(Cl)c3)nc1N2. The highest BCUT2D eigenvalue weighted by atomic mass is 35.5. The zero-order valence-corrected chi connectivity index (χ0v) is 15.6. The topological polar surface area (TPSA) is 59.8 Å². The van der Waals surface area contributed by atoms with E-state index in [0.29, 0.717) is 34.4 Å². The summed E-state index contributed by atoms with van der Waals surface area (Å²) in [6, 6.07) is 13.1. The van der Waals surface area contributed by atoms with Crippen molar-refractivity contribution < 1.29 is 9.18 Å². The van der Waals surface area contributed by atoms with E-state index in [-0.39, 0.29) is 11.6 Å². The van der Waals surface area contributed by atoms with Gasteiger partial charge in [0.1, 0.15) is 11.9 Å². The van der Waals surface area contributed by atoms with Gasteiger partial charge < -0.3 is 5.32 Å². The van der Waals surface area contributed by atoms with Gasteiger partial charge in [-0.1, -0.05) is 41.9 Å². The van der Waals surface area contributed by atoms with Gasteiger partial charge in [0.05, 0.1) is 0 Å². The van der Waals surface area contributed by atoms with Crippen LogP contribution in [0.4, 0.5) is 10.3 Å². The van der Waals surface area contributed by atoms with E-state index in [0.717, 1.165) is 24.1 Å². The van der Waals surface area contributed by atoms with Crippen molar-refractivity contribution in [3.63, 3.8) is 0 Å². The second-order valence-electron chi connectivity index (χ2n) is 6.93. The van der Waals surface area contributed by atoms with E-state index in [2.05, 4.69) is 15.4 Å². The monoisotopic (exact) mass is 394 g/mol. The largest absolute Gasteiger partial charge is 0.328 e. The number of aromatic nitrogens is 3. The minimum Gasteiger partial charge on any atom is -0.328 e. The molecule has 28 heavy (non-hydrogen) atoms. The number of fused-ring (bicyclic) bond motifs is 1. The molecule has 1 aliphatic carbocycles.